The molecule has 0 heterocycles. The van der Waals surface area contributed by atoms with Gasteiger partial charge >= 0.3 is 0 Å². The van der Waals surface area contributed by atoms with Crippen LogP contribution < -0.4 is 10.5 Å². The van der Waals surface area contributed by atoms with Crippen molar-refractivity contribution < 1.29 is 4.74 Å². The SMILES string of the molecule is CC(C)C(C)Oc1ccccc1CN. The van der Waals surface area contributed by atoms with Gasteiger partial charge in [0.05, 0.1) is 6.10 Å². The van der Waals surface area contributed by atoms with E-state index in [-0.39, 0.29) is 6.10 Å². The quantitative estimate of drug-likeness (QED) is 0.797. The molecule has 1 unspecified atom stereocenters. The van der Waals surface area contributed by atoms with E-state index in [1.165, 1.54) is 0 Å². The summed E-state index contributed by atoms with van der Waals surface area (Å²) in [5.41, 5.74) is 6.69. The van der Waals surface area contributed by atoms with Gasteiger partial charge < -0.3 is 10.5 Å². The van der Waals surface area contributed by atoms with E-state index in [0.29, 0.717) is 12.5 Å². The third-order valence-electron chi connectivity index (χ3n) is 2.44. The number of rotatable bonds is 4. The minimum Gasteiger partial charge on any atom is -0.490 e. The molecule has 0 bridgehead atoms. The number of nitrogens with two attached hydrogens (primary N) is 1. The zero-order valence-corrected chi connectivity index (χ0v) is 9.16. The second kappa shape index (κ2) is 5.01. The summed E-state index contributed by atoms with van der Waals surface area (Å²) in [5, 5.41) is 0. The molecule has 0 aliphatic carbocycles. The molecule has 78 valence electrons. The summed E-state index contributed by atoms with van der Waals surface area (Å²) in [4.78, 5) is 0. The van der Waals surface area contributed by atoms with Crippen LogP contribution in [0.3, 0.4) is 0 Å². The van der Waals surface area contributed by atoms with Gasteiger partial charge in [0.15, 0.2) is 0 Å². The van der Waals surface area contributed by atoms with Crippen LogP contribution in [0.1, 0.15) is 26.3 Å². The van der Waals surface area contributed by atoms with E-state index in [1.54, 1.807) is 0 Å². The Morgan fingerprint density at radius 3 is 2.43 bits per heavy atom. The first-order valence-corrected chi connectivity index (χ1v) is 5.09. The van der Waals surface area contributed by atoms with Crippen molar-refractivity contribution in [1.29, 1.82) is 0 Å². The highest BCUT2D eigenvalue weighted by Gasteiger charge is 2.10. The predicted molar refractivity (Wildman–Crippen MR) is 59.3 cm³/mol. The van der Waals surface area contributed by atoms with E-state index in [9.17, 15) is 0 Å². The second-order valence-electron chi connectivity index (χ2n) is 3.88. The van der Waals surface area contributed by atoms with Crippen molar-refractivity contribution in [3.05, 3.63) is 29.8 Å². The summed E-state index contributed by atoms with van der Waals surface area (Å²) in [5.74, 6) is 1.43. The number of benzene rings is 1. The first-order valence-electron chi connectivity index (χ1n) is 5.09. The Hall–Kier alpha value is -1.02. The molecular formula is C12H19NO. The fraction of sp³-hybridized carbons (Fsp3) is 0.500. The maximum atomic E-state index is 5.82. The average molecular weight is 193 g/mol. The van der Waals surface area contributed by atoms with Gasteiger partial charge in [-0.15, -0.1) is 0 Å². The summed E-state index contributed by atoms with van der Waals surface area (Å²) >= 11 is 0. The Morgan fingerprint density at radius 1 is 1.21 bits per heavy atom. The van der Waals surface area contributed by atoms with Gasteiger partial charge in [-0.3, -0.25) is 0 Å². The van der Waals surface area contributed by atoms with Crippen LogP contribution in [-0.2, 0) is 6.54 Å². The van der Waals surface area contributed by atoms with E-state index < -0.39 is 0 Å². The molecule has 0 fully saturated rings. The Kier molecular flexibility index (Phi) is 3.96. The molecule has 1 rings (SSSR count). The Morgan fingerprint density at radius 2 is 1.86 bits per heavy atom. The highest BCUT2D eigenvalue weighted by atomic mass is 16.5. The first-order chi connectivity index (χ1) is 6.65. The molecule has 2 heteroatoms. The van der Waals surface area contributed by atoms with Crippen LogP contribution in [-0.4, -0.2) is 6.10 Å². The van der Waals surface area contributed by atoms with Crippen molar-refractivity contribution in [2.75, 3.05) is 0 Å². The van der Waals surface area contributed by atoms with Crippen molar-refractivity contribution in [2.24, 2.45) is 11.7 Å². The molecule has 2 nitrogen and oxygen atoms in total. The van der Waals surface area contributed by atoms with Gasteiger partial charge in [0.1, 0.15) is 5.75 Å². The minimum absolute atomic E-state index is 0.225. The third-order valence-corrected chi connectivity index (χ3v) is 2.44. The van der Waals surface area contributed by atoms with Crippen LogP contribution in [0, 0.1) is 5.92 Å². The van der Waals surface area contributed by atoms with Gasteiger partial charge in [-0.1, -0.05) is 32.0 Å². The monoisotopic (exact) mass is 193 g/mol. The number of ether oxygens (including phenoxy) is 1. The molecule has 0 amide bonds. The molecule has 0 aliphatic rings. The van der Waals surface area contributed by atoms with Crippen LogP contribution in [0.2, 0.25) is 0 Å². The Bertz CT molecular complexity index is 283. The van der Waals surface area contributed by atoms with E-state index in [1.807, 2.05) is 24.3 Å². The molecule has 14 heavy (non-hydrogen) atoms. The predicted octanol–water partition coefficient (Wildman–Crippen LogP) is 2.57. The largest absolute Gasteiger partial charge is 0.490 e. The van der Waals surface area contributed by atoms with Crippen molar-refractivity contribution in [3.63, 3.8) is 0 Å². The highest BCUT2D eigenvalue weighted by Crippen LogP contribution is 2.20. The molecule has 2 N–H and O–H groups in total. The van der Waals surface area contributed by atoms with Crippen LogP contribution in [0.5, 0.6) is 5.75 Å². The first kappa shape index (κ1) is 11.1. The Balaban J connectivity index is 2.75. The Labute approximate surface area is 86.1 Å². The molecule has 0 aromatic heterocycles. The van der Waals surface area contributed by atoms with Crippen LogP contribution in [0.25, 0.3) is 0 Å². The van der Waals surface area contributed by atoms with Crippen molar-refractivity contribution in [2.45, 2.75) is 33.4 Å². The van der Waals surface area contributed by atoms with Gasteiger partial charge in [-0.2, -0.15) is 0 Å². The molecular weight excluding hydrogens is 174 g/mol. The topological polar surface area (TPSA) is 35.2 Å². The van der Waals surface area contributed by atoms with Crippen LogP contribution >= 0.6 is 0 Å². The molecule has 1 aromatic rings. The van der Waals surface area contributed by atoms with Crippen molar-refractivity contribution in [3.8, 4) is 5.75 Å². The molecule has 0 spiro atoms. The lowest BCUT2D eigenvalue weighted by Crippen LogP contribution is -2.19. The molecule has 0 aliphatic heterocycles. The fourth-order valence-corrected chi connectivity index (χ4v) is 1.12. The molecule has 0 saturated carbocycles. The fourth-order valence-electron chi connectivity index (χ4n) is 1.12. The highest BCUT2D eigenvalue weighted by molar-refractivity contribution is 5.33. The lowest BCUT2D eigenvalue weighted by molar-refractivity contribution is 0.169. The van der Waals surface area contributed by atoms with Gasteiger partial charge in [-0.05, 0) is 18.9 Å². The van der Waals surface area contributed by atoms with E-state index in [0.717, 1.165) is 11.3 Å². The summed E-state index contributed by atoms with van der Waals surface area (Å²) in [6, 6.07) is 7.93. The second-order valence-corrected chi connectivity index (χ2v) is 3.88. The summed E-state index contributed by atoms with van der Waals surface area (Å²) in [6.45, 7) is 6.91. The smallest absolute Gasteiger partial charge is 0.124 e. The third kappa shape index (κ3) is 2.74. The summed E-state index contributed by atoms with van der Waals surface area (Å²) in [6.07, 6.45) is 0.225. The van der Waals surface area contributed by atoms with Gasteiger partial charge in [0, 0.05) is 12.1 Å². The maximum absolute atomic E-state index is 5.82. The van der Waals surface area contributed by atoms with E-state index >= 15 is 0 Å². The number of hydrogen-bond acceptors (Lipinski definition) is 2. The van der Waals surface area contributed by atoms with Crippen molar-refractivity contribution in [1.82, 2.24) is 0 Å². The van der Waals surface area contributed by atoms with E-state index in [4.69, 9.17) is 10.5 Å². The summed E-state index contributed by atoms with van der Waals surface area (Å²) < 4.78 is 5.82. The zero-order chi connectivity index (χ0) is 10.6. The normalized spacial score (nSPS) is 12.9. The molecule has 1 atom stereocenters. The van der Waals surface area contributed by atoms with Gasteiger partial charge in [0.2, 0.25) is 0 Å². The van der Waals surface area contributed by atoms with Gasteiger partial charge in [0.25, 0.3) is 0 Å². The lowest BCUT2D eigenvalue weighted by atomic mass is 10.1. The average Bonchev–Trinajstić information content (AvgIpc) is 2.18. The number of hydrogen-bond donors (Lipinski definition) is 1. The molecule has 1 aromatic carbocycles. The van der Waals surface area contributed by atoms with Gasteiger partial charge in [-0.25, -0.2) is 0 Å². The van der Waals surface area contributed by atoms with E-state index in [2.05, 4.69) is 20.8 Å². The van der Waals surface area contributed by atoms with Crippen molar-refractivity contribution >= 4 is 0 Å². The number of para-hydroxylation sites is 1. The maximum Gasteiger partial charge on any atom is 0.124 e. The summed E-state index contributed by atoms with van der Waals surface area (Å²) in [7, 11) is 0. The van der Waals surface area contributed by atoms with Crippen LogP contribution in [0.15, 0.2) is 24.3 Å². The lowest BCUT2D eigenvalue weighted by Gasteiger charge is -2.19. The zero-order valence-electron chi connectivity index (χ0n) is 9.16. The molecule has 0 radical (unpaired) electrons. The minimum atomic E-state index is 0.225. The standard InChI is InChI=1S/C12H19NO/c1-9(2)10(3)14-12-7-5-4-6-11(12)8-13/h4-7,9-10H,8,13H2,1-3H3. The van der Waals surface area contributed by atoms with Crippen LogP contribution in [0.4, 0.5) is 0 Å². The molecule has 0 saturated heterocycles.